The lowest BCUT2D eigenvalue weighted by atomic mass is 10.1. The number of alkyl halides is 3. The molecular weight excluding hydrogens is 810 g/mol. The van der Waals surface area contributed by atoms with Crippen molar-refractivity contribution in [2.75, 3.05) is 4.90 Å². The van der Waals surface area contributed by atoms with E-state index in [1.165, 1.54) is 33.7 Å². The Morgan fingerprint density at radius 1 is 0.400 bits per heavy atom. The molecule has 9 aromatic carbocycles. The number of fused-ring (bicyclic) bond motifs is 9. The molecule has 0 radical (unpaired) electrons. The van der Waals surface area contributed by atoms with E-state index in [0.29, 0.717) is 10.9 Å². The van der Waals surface area contributed by atoms with Gasteiger partial charge < -0.3 is 18.6 Å². The van der Waals surface area contributed by atoms with Gasteiger partial charge in [-0.1, -0.05) is 84.9 Å². The third-order valence-corrected chi connectivity index (χ3v) is 12.9. The van der Waals surface area contributed by atoms with Gasteiger partial charge in [-0.05, 0) is 146 Å². The van der Waals surface area contributed by atoms with Crippen molar-refractivity contribution in [2.45, 2.75) is 13.1 Å². The van der Waals surface area contributed by atoms with Gasteiger partial charge in [0.05, 0.1) is 38.7 Å². The first-order chi connectivity index (χ1) is 31.7. The van der Waals surface area contributed by atoms with Gasteiger partial charge in [0.2, 0.25) is 0 Å². The van der Waals surface area contributed by atoms with Gasteiger partial charge in [0.25, 0.3) is 0 Å². The van der Waals surface area contributed by atoms with Crippen molar-refractivity contribution < 1.29 is 13.2 Å². The van der Waals surface area contributed by atoms with Crippen LogP contribution >= 0.6 is 0 Å². The van der Waals surface area contributed by atoms with Crippen molar-refractivity contribution in [3.63, 3.8) is 0 Å². The first kappa shape index (κ1) is 38.4. The maximum absolute atomic E-state index is 14.0. The summed E-state index contributed by atoms with van der Waals surface area (Å²) in [5.41, 5.74) is 13.3. The Hall–Kier alpha value is -8.29. The molecule has 3 heterocycles. The number of para-hydroxylation sites is 3. The van der Waals surface area contributed by atoms with Crippen molar-refractivity contribution in [3.05, 3.63) is 223 Å². The molecule has 0 unspecified atom stereocenters. The highest BCUT2D eigenvalue weighted by atomic mass is 19.4. The van der Waals surface area contributed by atoms with Gasteiger partial charge in [0, 0.05) is 66.4 Å². The van der Waals surface area contributed by atoms with E-state index in [2.05, 4.69) is 189 Å². The van der Waals surface area contributed by atoms with Gasteiger partial charge in [0.15, 0.2) is 0 Å². The third kappa shape index (κ3) is 6.15. The van der Waals surface area contributed by atoms with Crippen molar-refractivity contribution in [1.82, 2.24) is 13.7 Å². The fourth-order valence-corrected chi connectivity index (χ4v) is 9.89. The third-order valence-electron chi connectivity index (χ3n) is 12.9. The Balaban J connectivity index is 0.995. The summed E-state index contributed by atoms with van der Waals surface area (Å²) in [5.74, 6) is 0. The first-order valence-electron chi connectivity index (χ1n) is 21.6. The highest BCUT2D eigenvalue weighted by molar-refractivity contribution is 6.11. The minimum atomic E-state index is -4.45. The van der Waals surface area contributed by atoms with E-state index in [1.807, 2.05) is 31.2 Å². The second-order valence-electron chi connectivity index (χ2n) is 16.7. The molecule has 0 bridgehead atoms. The predicted octanol–water partition coefficient (Wildman–Crippen LogP) is 16.4. The van der Waals surface area contributed by atoms with E-state index in [-0.39, 0.29) is 0 Å². The summed E-state index contributed by atoms with van der Waals surface area (Å²) in [6, 6.07) is 67.6. The number of aromatic nitrogens is 3. The molecule has 0 fully saturated rings. The van der Waals surface area contributed by atoms with E-state index in [0.717, 1.165) is 78.2 Å². The van der Waals surface area contributed by atoms with Gasteiger partial charge in [0.1, 0.15) is 0 Å². The Labute approximate surface area is 372 Å². The number of hydrogen-bond acceptors (Lipinski definition) is 1. The van der Waals surface area contributed by atoms with Gasteiger partial charge >= 0.3 is 6.18 Å². The molecule has 0 saturated carbocycles. The molecule has 0 N–H and O–H groups in total. The molecule has 0 aliphatic heterocycles. The Bertz CT molecular complexity index is 3780. The summed E-state index contributed by atoms with van der Waals surface area (Å²) in [5, 5.41) is 6.11. The van der Waals surface area contributed by atoms with Crippen molar-refractivity contribution in [1.29, 1.82) is 0 Å². The number of nitrogens with zero attached hydrogens (tertiary/aromatic N) is 4. The zero-order valence-electron chi connectivity index (χ0n) is 35.3. The van der Waals surface area contributed by atoms with Crippen LogP contribution in [0.4, 0.5) is 30.2 Å². The van der Waals surface area contributed by atoms with Crippen LogP contribution in [0.2, 0.25) is 0 Å². The molecule has 4 nitrogen and oxygen atoms in total. The highest BCUT2D eigenvalue weighted by Gasteiger charge is 2.31. The zero-order valence-corrected chi connectivity index (χ0v) is 35.3. The van der Waals surface area contributed by atoms with E-state index >= 15 is 0 Å². The van der Waals surface area contributed by atoms with Crippen LogP contribution in [0.1, 0.15) is 16.7 Å². The summed E-state index contributed by atoms with van der Waals surface area (Å²) in [6.07, 6.45) is -2.57. The largest absolute Gasteiger partial charge is 0.416 e. The number of rotatable bonds is 7. The summed E-state index contributed by atoms with van der Waals surface area (Å²) in [7, 11) is 0. The lowest BCUT2D eigenvalue weighted by Gasteiger charge is -2.26. The fourth-order valence-electron chi connectivity index (χ4n) is 9.89. The van der Waals surface area contributed by atoms with Crippen LogP contribution < -0.4 is 4.90 Å². The molecule has 0 aliphatic rings. The van der Waals surface area contributed by atoms with Gasteiger partial charge in [-0.3, -0.25) is 0 Å². The molecule has 0 atom stereocenters. The quantitative estimate of drug-likeness (QED) is 0.156. The molecule has 0 saturated heterocycles. The molecule has 12 rings (SSSR count). The van der Waals surface area contributed by atoms with Crippen molar-refractivity contribution >= 4 is 88.6 Å². The van der Waals surface area contributed by atoms with Crippen LogP contribution in [0.3, 0.4) is 0 Å². The molecule has 3 aromatic heterocycles. The maximum atomic E-state index is 14.0. The minimum Gasteiger partial charge on any atom is -0.310 e. The van der Waals surface area contributed by atoms with E-state index in [9.17, 15) is 13.2 Å². The SMILES string of the molecule is C=Cc1ccc2c(c1)c1ccccc1n2-c1ccc(N(c2ccc(-n3c4ccccc4c4ccccc43)cc2)c2ccc(-n3c4ccc(C)cc4c4cc(C(F)(F)F)ccc43)cc2)cc1. The number of hydrogen-bond donors (Lipinski definition) is 0. The Morgan fingerprint density at radius 2 is 0.769 bits per heavy atom. The van der Waals surface area contributed by atoms with Gasteiger partial charge in [-0.25, -0.2) is 0 Å². The summed E-state index contributed by atoms with van der Waals surface area (Å²) < 4.78 is 48.6. The highest BCUT2D eigenvalue weighted by Crippen LogP contribution is 2.41. The minimum absolute atomic E-state index is 0.567. The number of halogens is 3. The van der Waals surface area contributed by atoms with E-state index < -0.39 is 11.7 Å². The Kier molecular flexibility index (Phi) is 8.65. The average molecular weight is 849 g/mol. The zero-order chi connectivity index (χ0) is 44.0. The predicted molar refractivity (Wildman–Crippen MR) is 264 cm³/mol. The monoisotopic (exact) mass is 848 g/mol. The lowest BCUT2D eigenvalue weighted by molar-refractivity contribution is -0.137. The molecule has 12 aromatic rings. The van der Waals surface area contributed by atoms with Crippen molar-refractivity contribution in [2.24, 2.45) is 0 Å². The molecule has 0 amide bonds. The van der Waals surface area contributed by atoms with Gasteiger partial charge in [-0.15, -0.1) is 0 Å². The smallest absolute Gasteiger partial charge is 0.310 e. The van der Waals surface area contributed by atoms with Crippen LogP contribution in [0.5, 0.6) is 0 Å². The average Bonchev–Trinajstić information content (AvgIpc) is 3.97. The summed E-state index contributed by atoms with van der Waals surface area (Å²) in [4.78, 5) is 2.25. The number of benzene rings is 9. The molecule has 0 spiro atoms. The summed E-state index contributed by atoms with van der Waals surface area (Å²) >= 11 is 0. The first-order valence-corrected chi connectivity index (χ1v) is 21.6. The van der Waals surface area contributed by atoms with E-state index in [4.69, 9.17) is 0 Å². The normalized spacial score (nSPS) is 12.1. The van der Waals surface area contributed by atoms with Crippen molar-refractivity contribution in [3.8, 4) is 17.1 Å². The Morgan fingerprint density at radius 3 is 1.22 bits per heavy atom. The van der Waals surface area contributed by atoms with Crippen LogP contribution in [-0.4, -0.2) is 13.7 Å². The molecule has 0 aliphatic carbocycles. The molecule has 65 heavy (non-hydrogen) atoms. The number of anilines is 3. The molecule has 312 valence electrons. The topological polar surface area (TPSA) is 18.0 Å². The number of aryl methyl sites for hydroxylation is 1. The van der Waals surface area contributed by atoms with E-state index in [1.54, 1.807) is 6.07 Å². The van der Waals surface area contributed by atoms with Crippen LogP contribution in [0, 0.1) is 6.92 Å². The molecule has 7 heteroatoms. The van der Waals surface area contributed by atoms with Crippen LogP contribution in [0.25, 0.3) is 88.6 Å². The van der Waals surface area contributed by atoms with Gasteiger partial charge in [-0.2, -0.15) is 13.2 Å². The summed E-state index contributed by atoms with van der Waals surface area (Å²) in [6.45, 7) is 5.97. The fraction of sp³-hybridized carbons (Fsp3) is 0.0345. The van der Waals surface area contributed by atoms with Crippen LogP contribution in [0.15, 0.2) is 207 Å². The standard InChI is InChI=1S/C58H39F3N4/c1-3-38-17-32-56-50(35-38)48-12-6-9-15-54(48)64(56)44-27-21-41(22-28-44)62(40-19-25-43(26-20-40)63-52-13-7-4-10-46(52)47-11-5-8-14-53(47)63)42-23-29-45(30-24-42)65-55-31-16-37(2)34-49(55)51-36-39(58(59,60)61)18-33-57(51)65/h3-36H,1H2,2H3. The maximum Gasteiger partial charge on any atom is 0.416 e. The second kappa shape index (κ2) is 14.6. The second-order valence-corrected chi connectivity index (χ2v) is 16.7. The molecular formula is C58H39F3N4. The lowest BCUT2D eigenvalue weighted by Crippen LogP contribution is -2.10. The van der Waals surface area contributed by atoms with Crippen LogP contribution in [-0.2, 0) is 6.18 Å².